The molecule has 0 amide bonds. The van der Waals surface area contributed by atoms with Crippen LogP contribution in [0.4, 0.5) is 14.5 Å². The van der Waals surface area contributed by atoms with Crippen LogP contribution < -0.4 is 15.0 Å². The smallest absolute Gasteiger partial charge is 0.387 e. The largest absolute Gasteiger partial charge is 0.432 e. The number of nitrogens with one attached hydrogen (secondary N) is 1. The fourth-order valence-electron chi connectivity index (χ4n) is 2.64. The maximum atomic E-state index is 12.4. The van der Waals surface area contributed by atoms with E-state index >= 15 is 0 Å². The second kappa shape index (κ2) is 5.79. The number of hydrogen-bond donors (Lipinski definition) is 1. The van der Waals surface area contributed by atoms with Gasteiger partial charge in [-0.2, -0.15) is 14.0 Å². The van der Waals surface area contributed by atoms with E-state index in [1.807, 2.05) is 4.90 Å². The second-order valence-electron chi connectivity index (χ2n) is 4.97. The van der Waals surface area contributed by atoms with Crippen LogP contribution in [0, 0.1) is 11.3 Å². The molecule has 0 saturated carbocycles. The lowest BCUT2D eigenvalue weighted by atomic mass is 10.1. The van der Waals surface area contributed by atoms with Gasteiger partial charge in [-0.3, -0.25) is 0 Å². The van der Waals surface area contributed by atoms with Crippen LogP contribution in [0.3, 0.4) is 0 Å². The third-order valence-corrected chi connectivity index (χ3v) is 3.50. The van der Waals surface area contributed by atoms with Crippen molar-refractivity contribution in [2.45, 2.75) is 18.8 Å². The van der Waals surface area contributed by atoms with Crippen molar-refractivity contribution < 1.29 is 18.3 Å². The van der Waals surface area contributed by atoms with Gasteiger partial charge in [-0.25, -0.2) is 4.98 Å². The Bertz CT molecular complexity index is 552. The Balaban J connectivity index is 1.83. The number of halogens is 2. The van der Waals surface area contributed by atoms with Gasteiger partial charge in [0.1, 0.15) is 6.07 Å². The average molecular weight is 296 g/mol. The number of fused-ring (bicyclic) bond motifs is 2. The molecule has 3 heterocycles. The van der Waals surface area contributed by atoms with Crippen molar-refractivity contribution in [2.75, 3.05) is 31.1 Å². The highest BCUT2D eigenvalue weighted by Gasteiger charge is 2.31. The van der Waals surface area contributed by atoms with Crippen LogP contribution in [-0.4, -0.2) is 50.0 Å². The van der Waals surface area contributed by atoms with Crippen molar-refractivity contribution in [3.63, 3.8) is 0 Å². The lowest BCUT2D eigenvalue weighted by Gasteiger charge is -2.42. The highest BCUT2D eigenvalue weighted by atomic mass is 19.3. The molecule has 1 aromatic heterocycles. The van der Waals surface area contributed by atoms with E-state index in [0.717, 1.165) is 13.1 Å². The maximum Gasteiger partial charge on any atom is 0.387 e. The van der Waals surface area contributed by atoms with Gasteiger partial charge in [0.05, 0.1) is 24.1 Å². The summed E-state index contributed by atoms with van der Waals surface area (Å²) in [6.07, 6.45) is 1.63. The number of pyridine rings is 1. The fraction of sp³-hybridized carbons (Fsp3) is 0.538. The quantitative estimate of drug-likeness (QED) is 0.887. The molecular formula is C13H14F2N4O2. The van der Waals surface area contributed by atoms with Gasteiger partial charge in [0.15, 0.2) is 11.4 Å². The van der Waals surface area contributed by atoms with E-state index in [9.17, 15) is 8.78 Å². The Hall–Kier alpha value is -1.98. The predicted octanol–water partition coefficient (Wildman–Crippen LogP) is 0.732. The fourth-order valence-corrected chi connectivity index (χ4v) is 2.64. The SMILES string of the molecule is N#Cc1ncc(N2CC3CNCC(C2)O3)cc1OC(F)F. The molecule has 0 aliphatic carbocycles. The third kappa shape index (κ3) is 3.04. The number of morpholine rings is 2. The first-order valence-corrected chi connectivity index (χ1v) is 6.62. The molecule has 112 valence electrons. The molecule has 6 nitrogen and oxygen atoms in total. The third-order valence-electron chi connectivity index (χ3n) is 3.50. The van der Waals surface area contributed by atoms with Gasteiger partial charge >= 0.3 is 6.61 Å². The molecule has 2 atom stereocenters. The Kier molecular flexibility index (Phi) is 3.86. The Morgan fingerprint density at radius 1 is 1.43 bits per heavy atom. The van der Waals surface area contributed by atoms with Gasteiger partial charge in [0.2, 0.25) is 0 Å². The summed E-state index contributed by atoms with van der Waals surface area (Å²) in [6, 6.07) is 3.19. The molecule has 1 N–H and O–H groups in total. The predicted molar refractivity (Wildman–Crippen MR) is 69.3 cm³/mol. The van der Waals surface area contributed by atoms with Gasteiger partial charge in [-0.05, 0) is 0 Å². The molecule has 2 aliphatic rings. The van der Waals surface area contributed by atoms with E-state index in [0.29, 0.717) is 18.8 Å². The zero-order chi connectivity index (χ0) is 14.8. The first-order chi connectivity index (χ1) is 10.2. The molecule has 0 aromatic carbocycles. The van der Waals surface area contributed by atoms with Crippen molar-refractivity contribution in [1.82, 2.24) is 10.3 Å². The molecule has 2 saturated heterocycles. The van der Waals surface area contributed by atoms with Crippen molar-refractivity contribution in [1.29, 1.82) is 5.26 Å². The number of nitrogens with zero attached hydrogens (tertiary/aromatic N) is 3. The number of aromatic nitrogens is 1. The van der Waals surface area contributed by atoms with Gasteiger partial charge in [-0.1, -0.05) is 0 Å². The highest BCUT2D eigenvalue weighted by molar-refractivity contribution is 5.53. The van der Waals surface area contributed by atoms with Gasteiger partial charge < -0.3 is 19.7 Å². The second-order valence-corrected chi connectivity index (χ2v) is 4.97. The van der Waals surface area contributed by atoms with Gasteiger partial charge in [0, 0.05) is 32.2 Å². The first-order valence-electron chi connectivity index (χ1n) is 6.62. The van der Waals surface area contributed by atoms with Crippen LogP contribution in [0.2, 0.25) is 0 Å². The number of rotatable bonds is 3. The van der Waals surface area contributed by atoms with Crippen LogP contribution in [0.5, 0.6) is 5.75 Å². The molecule has 2 bridgehead atoms. The summed E-state index contributed by atoms with van der Waals surface area (Å²) < 4.78 is 35.0. The van der Waals surface area contributed by atoms with Crippen LogP contribution >= 0.6 is 0 Å². The van der Waals surface area contributed by atoms with Crippen LogP contribution in [0.15, 0.2) is 12.3 Å². The van der Waals surface area contributed by atoms with Gasteiger partial charge in [-0.15, -0.1) is 0 Å². The summed E-state index contributed by atoms with van der Waals surface area (Å²) in [5.41, 5.74) is 0.513. The maximum absolute atomic E-state index is 12.4. The monoisotopic (exact) mass is 296 g/mol. The molecule has 0 spiro atoms. The summed E-state index contributed by atoms with van der Waals surface area (Å²) in [7, 11) is 0. The van der Waals surface area contributed by atoms with Crippen molar-refractivity contribution in [3.05, 3.63) is 18.0 Å². The number of nitriles is 1. The van der Waals surface area contributed by atoms with Crippen molar-refractivity contribution in [2.24, 2.45) is 0 Å². The van der Waals surface area contributed by atoms with E-state index in [1.165, 1.54) is 12.3 Å². The molecule has 3 rings (SSSR count). The summed E-state index contributed by atoms with van der Waals surface area (Å²) in [5, 5.41) is 12.2. The van der Waals surface area contributed by atoms with Crippen LogP contribution in [0.25, 0.3) is 0 Å². The van der Waals surface area contributed by atoms with Crippen LogP contribution in [0.1, 0.15) is 5.69 Å². The highest BCUT2D eigenvalue weighted by Crippen LogP contribution is 2.27. The molecule has 0 radical (unpaired) electrons. The minimum Gasteiger partial charge on any atom is -0.432 e. The summed E-state index contributed by atoms with van der Waals surface area (Å²) >= 11 is 0. The van der Waals surface area contributed by atoms with E-state index < -0.39 is 6.61 Å². The minimum absolute atomic E-state index is 0.0626. The van der Waals surface area contributed by atoms with E-state index in [1.54, 1.807) is 6.07 Å². The molecule has 21 heavy (non-hydrogen) atoms. The molecule has 2 unspecified atom stereocenters. The first kappa shape index (κ1) is 14.0. The minimum atomic E-state index is -2.98. The Morgan fingerprint density at radius 3 is 2.76 bits per heavy atom. The molecule has 2 aliphatic heterocycles. The lowest BCUT2D eigenvalue weighted by Crippen LogP contribution is -2.58. The number of alkyl halides is 2. The molecule has 8 heteroatoms. The van der Waals surface area contributed by atoms with Crippen molar-refractivity contribution >= 4 is 5.69 Å². The summed E-state index contributed by atoms with van der Waals surface area (Å²) in [4.78, 5) is 5.92. The summed E-state index contributed by atoms with van der Waals surface area (Å²) in [6.45, 7) is -0.174. The number of ether oxygens (including phenoxy) is 2. The Morgan fingerprint density at radius 2 is 2.14 bits per heavy atom. The Labute approximate surface area is 120 Å². The van der Waals surface area contributed by atoms with Crippen LogP contribution in [-0.2, 0) is 4.74 Å². The number of hydrogen-bond acceptors (Lipinski definition) is 6. The topological polar surface area (TPSA) is 70.4 Å². The van der Waals surface area contributed by atoms with E-state index in [4.69, 9.17) is 10.00 Å². The lowest BCUT2D eigenvalue weighted by molar-refractivity contribution is -0.0512. The molecule has 1 aromatic rings. The van der Waals surface area contributed by atoms with Gasteiger partial charge in [0.25, 0.3) is 0 Å². The average Bonchev–Trinajstić information content (AvgIpc) is 2.46. The standard InChI is InChI=1S/C13H14F2N4O2/c14-13(15)21-12-1-8(3-18-11(12)2-16)19-6-9-4-17-5-10(7-19)20-9/h1,3,9-10,13,17H,4-7H2. The molecular weight excluding hydrogens is 282 g/mol. The van der Waals surface area contributed by atoms with E-state index in [-0.39, 0.29) is 23.7 Å². The molecule has 2 fully saturated rings. The van der Waals surface area contributed by atoms with Crippen molar-refractivity contribution in [3.8, 4) is 11.8 Å². The number of anilines is 1. The summed E-state index contributed by atoms with van der Waals surface area (Å²) in [5.74, 6) is -0.195. The normalized spacial score (nSPS) is 24.8. The zero-order valence-electron chi connectivity index (χ0n) is 11.1. The zero-order valence-corrected chi connectivity index (χ0v) is 11.1. The van der Waals surface area contributed by atoms with E-state index in [2.05, 4.69) is 15.0 Å².